The quantitative estimate of drug-likeness (QED) is 0.716. The Labute approximate surface area is 81.3 Å². The Morgan fingerprint density at radius 2 is 1.77 bits per heavy atom. The van der Waals surface area contributed by atoms with E-state index in [4.69, 9.17) is 0 Å². The van der Waals surface area contributed by atoms with Crippen LogP contribution in [0.5, 0.6) is 0 Å². The van der Waals surface area contributed by atoms with E-state index in [-0.39, 0.29) is 11.7 Å². The molecule has 2 nitrogen and oxygen atoms in total. The summed E-state index contributed by atoms with van der Waals surface area (Å²) in [6.45, 7) is 9.58. The number of ketones is 1. The normalized spacial score (nSPS) is 16.3. The molecule has 0 aromatic carbocycles. The van der Waals surface area contributed by atoms with E-state index in [0.29, 0.717) is 18.8 Å². The SMILES string of the molecule is CCC(O)(CC(C)C)C(=O)C(C)C. The molecule has 1 atom stereocenters. The number of carbonyl (C=O) groups excluding carboxylic acids is 1. The number of carbonyl (C=O) groups is 1. The molecule has 0 aromatic heterocycles. The zero-order valence-corrected chi connectivity index (χ0v) is 9.42. The van der Waals surface area contributed by atoms with Crippen molar-refractivity contribution < 1.29 is 9.90 Å². The molecule has 13 heavy (non-hydrogen) atoms. The van der Waals surface area contributed by atoms with Crippen molar-refractivity contribution in [3.63, 3.8) is 0 Å². The van der Waals surface area contributed by atoms with E-state index >= 15 is 0 Å². The first-order valence-electron chi connectivity index (χ1n) is 5.10. The minimum atomic E-state index is -1.09. The highest BCUT2D eigenvalue weighted by Crippen LogP contribution is 2.24. The molecule has 0 spiro atoms. The van der Waals surface area contributed by atoms with Crippen molar-refractivity contribution in [1.29, 1.82) is 0 Å². The van der Waals surface area contributed by atoms with Crippen molar-refractivity contribution in [2.45, 2.75) is 53.1 Å². The van der Waals surface area contributed by atoms with Gasteiger partial charge in [-0.3, -0.25) is 4.79 Å². The minimum Gasteiger partial charge on any atom is -0.382 e. The Bertz CT molecular complexity index is 173. The molecule has 0 amide bonds. The summed E-state index contributed by atoms with van der Waals surface area (Å²) in [5.74, 6) is 0.250. The average Bonchev–Trinajstić information content (AvgIpc) is 2.01. The highest BCUT2D eigenvalue weighted by molar-refractivity contribution is 5.88. The van der Waals surface area contributed by atoms with Gasteiger partial charge in [0.25, 0.3) is 0 Å². The Hall–Kier alpha value is -0.370. The highest BCUT2D eigenvalue weighted by Gasteiger charge is 2.35. The third kappa shape index (κ3) is 3.47. The largest absolute Gasteiger partial charge is 0.382 e. The van der Waals surface area contributed by atoms with Crippen molar-refractivity contribution >= 4 is 5.78 Å². The molecule has 0 aliphatic rings. The van der Waals surface area contributed by atoms with Crippen LogP contribution in [0.25, 0.3) is 0 Å². The molecule has 0 aliphatic carbocycles. The fraction of sp³-hybridized carbons (Fsp3) is 0.909. The van der Waals surface area contributed by atoms with E-state index in [1.165, 1.54) is 0 Å². The summed E-state index contributed by atoms with van der Waals surface area (Å²) in [6.07, 6.45) is 1.09. The van der Waals surface area contributed by atoms with Crippen LogP contribution < -0.4 is 0 Å². The van der Waals surface area contributed by atoms with Crippen LogP contribution in [0.15, 0.2) is 0 Å². The van der Waals surface area contributed by atoms with Crippen LogP contribution in [0.1, 0.15) is 47.5 Å². The summed E-state index contributed by atoms with van der Waals surface area (Å²) < 4.78 is 0. The van der Waals surface area contributed by atoms with Crippen molar-refractivity contribution in [2.75, 3.05) is 0 Å². The average molecular weight is 186 g/mol. The van der Waals surface area contributed by atoms with Crippen molar-refractivity contribution in [1.82, 2.24) is 0 Å². The molecule has 0 radical (unpaired) electrons. The lowest BCUT2D eigenvalue weighted by Gasteiger charge is -2.28. The Balaban J connectivity index is 4.52. The number of Topliss-reactive ketones (excluding diaryl/α,β-unsaturated/α-hetero) is 1. The number of hydrogen-bond acceptors (Lipinski definition) is 2. The second-order valence-corrected chi connectivity index (χ2v) is 4.50. The molecule has 1 unspecified atom stereocenters. The van der Waals surface area contributed by atoms with E-state index in [0.717, 1.165) is 0 Å². The maximum Gasteiger partial charge on any atom is 0.166 e. The zero-order valence-electron chi connectivity index (χ0n) is 9.42. The van der Waals surface area contributed by atoms with Gasteiger partial charge in [0.05, 0.1) is 0 Å². The fourth-order valence-corrected chi connectivity index (χ4v) is 1.63. The standard InChI is InChI=1S/C11H22O2/c1-6-11(13,7-8(2)3)10(12)9(4)5/h8-9,13H,6-7H2,1-5H3. The van der Waals surface area contributed by atoms with Gasteiger partial charge in [0, 0.05) is 5.92 Å². The van der Waals surface area contributed by atoms with Crippen molar-refractivity contribution in [2.24, 2.45) is 11.8 Å². The Kier molecular flexibility index (Phi) is 4.62. The molecule has 0 saturated heterocycles. The Morgan fingerprint density at radius 3 is 2.00 bits per heavy atom. The van der Waals surface area contributed by atoms with Crippen molar-refractivity contribution in [3.8, 4) is 0 Å². The molecule has 0 aliphatic heterocycles. The van der Waals surface area contributed by atoms with E-state index < -0.39 is 5.60 Å². The van der Waals surface area contributed by atoms with Gasteiger partial charge in [-0.25, -0.2) is 0 Å². The fourth-order valence-electron chi connectivity index (χ4n) is 1.63. The lowest BCUT2D eigenvalue weighted by Crippen LogP contribution is -2.41. The molecule has 2 heteroatoms. The summed E-state index contributed by atoms with van der Waals surface area (Å²) in [6, 6.07) is 0. The summed E-state index contributed by atoms with van der Waals surface area (Å²) in [5, 5.41) is 10.1. The van der Waals surface area contributed by atoms with Gasteiger partial charge >= 0.3 is 0 Å². The number of hydrogen-bond donors (Lipinski definition) is 1. The molecule has 78 valence electrons. The third-order valence-corrected chi connectivity index (χ3v) is 2.31. The number of aliphatic hydroxyl groups is 1. The van der Waals surface area contributed by atoms with Gasteiger partial charge in [0.1, 0.15) is 5.60 Å². The van der Waals surface area contributed by atoms with Crippen LogP contribution in [0.4, 0.5) is 0 Å². The van der Waals surface area contributed by atoms with Crippen LogP contribution >= 0.6 is 0 Å². The molecular weight excluding hydrogens is 164 g/mol. The van der Waals surface area contributed by atoms with Crippen LogP contribution in [-0.2, 0) is 4.79 Å². The van der Waals surface area contributed by atoms with E-state index in [1.54, 1.807) is 0 Å². The van der Waals surface area contributed by atoms with Crippen LogP contribution in [0.2, 0.25) is 0 Å². The summed E-state index contributed by atoms with van der Waals surface area (Å²) in [7, 11) is 0. The summed E-state index contributed by atoms with van der Waals surface area (Å²) in [4.78, 5) is 11.7. The molecule has 0 bridgehead atoms. The van der Waals surface area contributed by atoms with Gasteiger partial charge in [-0.1, -0.05) is 34.6 Å². The van der Waals surface area contributed by atoms with Gasteiger partial charge in [-0.05, 0) is 18.8 Å². The molecule has 1 N–H and O–H groups in total. The van der Waals surface area contributed by atoms with Gasteiger partial charge in [0.15, 0.2) is 5.78 Å². The first kappa shape index (κ1) is 12.6. The predicted octanol–water partition coefficient (Wildman–Crippen LogP) is 2.40. The monoisotopic (exact) mass is 186 g/mol. The Morgan fingerprint density at radius 1 is 1.31 bits per heavy atom. The maximum atomic E-state index is 11.7. The lowest BCUT2D eigenvalue weighted by molar-refractivity contribution is -0.142. The first-order valence-corrected chi connectivity index (χ1v) is 5.10. The molecule has 0 heterocycles. The summed E-state index contributed by atoms with van der Waals surface area (Å²) in [5.41, 5.74) is -1.09. The molecular formula is C11H22O2. The second kappa shape index (κ2) is 4.75. The van der Waals surface area contributed by atoms with Crippen LogP contribution in [0.3, 0.4) is 0 Å². The molecule has 0 saturated carbocycles. The third-order valence-electron chi connectivity index (χ3n) is 2.31. The van der Waals surface area contributed by atoms with E-state index in [1.807, 2.05) is 34.6 Å². The van der Waals surface area contributed by atoms with E-state index in [9.17, 15) is 9.90 Å². The maximum absolute atomic E-state index is 11.7. The van der Waals surface area contributed by atoms with Gasteiger partial charge < -0.3 is 5.11 Å². The van der Waals surface area contributed by atoms with Crippen LogP contribution in [0, 0.1) is 11.8 Å². The van der Waals surface area contributed by atoms with Gasteiger partial charge in [-0.15, -0.1) is 0 Å². The lowest BCUT2D eigenvalue weighted by atomic mass is 9.82. The minimum absolute atomic E-state index is 0.0244. The number of rotatable bonds is 5. The zero-order chi connectivity index (χ0) is 10.6. The highest BCUT2D eigenvalue weighted by atomic mass is 16.3. The predicted molar refractivity (Wildman–Crippen MR) is 54.5 cm³/mol. The van der Waals surface area contributed by atoms with E-state index in [2.05, 4.69) is 0 Å². The first-order chi connectivity index (χ1) is 5.83. The van der Waals surface area contributed by atoms with Gasteiger partial charge in [0.2, 0.25) is 0 Å². The molecule has 0 rings (SSSR count). The van der Waals surface area contributed by atoms with Gasteiger partial charge in [-0.2, -0.15) is 0 Å². The molecule has 0 aromatic rings. The summed E-state index contributed by atoms with van der Waals surface area (Å²) >= 11 is 0. The van der Waals surface area contributed by atoms with Crippen molar-refractivity contribution in [3.05, 3.63) is 0 Å². The smallest absolute Gasteiger partial charge is 0.166 e. The second-order valence-electron chi connectivity index (χ2n) is 4.50. The molecule has 0 fully saturated rings. The van der Waals surface area contributed by atoms with Crippen LogP contribution in [-0.4, -0.2) is 16.5 Å². The topological polar surface area (TPSA) is 37.3 Å².